The van der Waals surface area contributed by atoms with Gasteiger partial charge in [-0.3, -0.25) is 4.57 Å². The molecule has 252 valence electrons. The van der Waals surface area contributed by atoms with E-state index in [0.717, 1.165) is 66.7 Å². The topological polar surface area (TPSA) is 31.0 Å². The third-order valence-corrected chi connectivity index (χ3v) is 10.8. The number of nitrogens with zero attached hydrogens (tertiary/aromatic N) is 2. The van der Waals surface area contributed by atoms with Gasteiger partial charge >= 0.3 is 0 Å². The Labute approximate surface area is 312 Å². The van der Waals surface area contributed by atoms with Gasteiger partial charge in [0.15, 0.2) is 0 Å². The highest BCUT2D eigenvalue weighted by molar-refractivity contribution is 6.14. The van der Waals surface area contributed by atoms with Gasteiger partial charge in [0.1, 0.15) is 17.0 Å². The third kappa shape index (κ3) is 4.87. The Balaban J connectivity index is 1.17. The predicted molar refractivity (Wildman–Crippen MR) is 225 cm³/mol. The van der Waals surface area contributed by atoms with Gasteiger partial charge in [0.25, 0.3) is 0 Å². The van der Waals surface area contributed by atoms with Crippen molar-refractivity contribution in [1.29, 1.82) is 0 Å². The van der Waals surface area contributed by atoms with Crippen molar-refractivity contribution in [2.24, 2.45) is 0 Å². The largest absolute Gasteiger partial charge is 0.455 e. The summed E-state index contributed by atoms with van der Waals surface area (Å²) in [4.78, 5) is 5.19. The minimum Gasteiger partial charge on any atom is -0.455 e. The first-order valence-corrected chi connectivity index (χ1v) is 18.4. The van der Waals surface area contributed by atoms with E-state index in [2.05, 4.69) is 193 Å². The maximum atomic E-state index is 6.86. The van der Waals surface area contributed by atoms with Crippen LogP contribution in [0.3, 0.4) is 0 Å². The number of benzene rings is 9. The second-order valence-corrected chi connectivity index (χ2v) is 13.9. The molecule has 0 aliphatic carbocycles. The Kier molecular flexibility index (Phi) is 6.86. The first-order chi connectivity index (χ1) is 26.8. The van der Waals surface area contributed by atoms with E-state index in [4.69, 9.17) is 9.40 Å². The first-order valence-electron chi connectivity index (χ1n) is 18.4. The molecule has 0 spiro atoms. The Morgan fingerprint density at radius 3 is 1.80 bits per heavy atom. The fraction of sp³-hybridized carbons (Fsp3) is 0. The number of aromatic nitrogens is 2. The van der Waals surface area contributed by atoms with Crippen molar-refractivity contribution in [2.45, 2.75) is 0 Å². The molecule has 0 atom stereocenters. The average molecular weight is 689 g/mol. The van der Waals surface area contributed by atoms with Crippen molar-refractivity contribution in [3.8, 4) is 50.5 Å². The normalized spacial score (nSPS) is 11.7. The standard InChI is InChI=1S/C51H32N2O/c1-2-19-39(20-3-1)53-48-26-9-8-25-47(48)52-51(53)37-18-10-17-35(29-37)44-31-38(43-24-12-16-34-14-5-7-22-41(34)43)32-46-45-30-36(27-28-49(45)54-50(44)46)42-23-11-15-33-13-4-6-21-40(33)42/h1-32H. The second-order valence-electron chi connectivity index (χ2n) is 13.9. The zero-order valence-corrected chi connectivity index (χ0v) is 29.3. The van der Waals surface area contributed by atoms with Gasteiger partial charge in [-0.1, -0.05) is 140 Å². The number of fused-ring (bicyclic) bond motifs is 6. The van der Waals surface area contributed by atoms with Crippen molar-refractivity contribution >= 4 is 54.5 Å². The van der Waals surface area contributed by atoms with Crippen molar-refractivity contribution in [3.63, 3.8) is 0 Å². The molecule has 0 N–H and O–H groups in total. The summed E-state index contributed by atoms with van der Waals surface area (Å²) in [6.45, 7) is 0. The molecule has 9 aromatic carbocycles. The van der Waals surface area contributed by atoms with Crippen molar-refractivity contribution in [1.82, 2.24) is 9.55 Å². The van der Waals surface area contributed by atoms with Gasteiger partial charge < -0.3 is 4.42 Å². The van der Waals surface area contributed by atoms with E-state index in [1.54, 1.807) is 0 Å². The fourth-order valence-corrected chi connectivity index (χ4v) is 8.25. The maximum absolute atomic E-state index is 6.86. The zero-order valence-electron chi connectivity index (χ0n) is 29.3. The van der Waals surface area contributed by atoms with Crippen LogP contribution in [0.5, 0.6) is 0 Å². The van der Waals surface area contributed by atoms with Crippen LogP contribution in [0.2, 0.25) is 0 Å². The third-order valence-electron chi connectivity index (χ3n) is 10.8. The number of furan rings is 1. The van der Waals surface area contributed by atoms with Gasteiger partial charge in [0, 0.05) is 27.6 Å². The molecule has 3 heteroatoms. The summed E-state index contributed by atoms with van der Waals surface area (Å²) in [5.74, 6) is 0.898. The molecule has 0 bridgehead atoms. The van der Waals surface area contributed by atoms with E-state index in [1.807, 2.05) is 6.07 Å². The van der Waals surface area contributed by atoms with E-state index in [1.165, 1.54) is 38.2 Å². The molecule has 0 amide bonds. The van der Waals surface area contributed by atoms with Crippen LogP contribution in [-0.2, 0) is 0 Å². The molecule has 0 saturated carbocycles. The van der Waals surface area contributed by atoms with Crippen molar-refractivity contribution in [2.75, 3.05) is 0 Å². The average Bonchev–Trinajstić information content (AvgIpc) is 3.82. The SMILES string of the molecule is c1ccc(-n2c(-c3cccc(-c4cc(-c5cccc6ccccc56)cc5c4oc4ccc(-c6cccc7ccccc67)cc45)c3)nc3ccccc32)cc1. The lowest BCUT2D eigenvalue weighted by Gasteiger charge is -2.13. The lowest BCUT2D eigenvalue weighted by Crippen LogP contribution is -1.97. The number of para-hydroxylation sites is 3. The molecular formula is C51H32N2O. The van der Waals surface area contributed by atoms with E-state index >= 15 is 0 Å². The summed E-state index contributed by atoms with van der Waals surface area (Å²) in [6, 6.07) is 69.2. The van der Waals surface area contributed by atoms with Crippen molar-refractivity contribution in [3.05, 3.63) is 194 Å². The molecule has 0 fully saturated rings. The Bertz CT molecular complexity index is 3210. The van der Waals surface area contributed by atoms with Crippen LogP contribution in [0.1, 0.15) is 0 Å². The Morgan fingerprint density at radius 2 is 1.00 bits per heavy atom. The molecular weight excluding hydrogens is 657 g/mol. The van der Waals surface area contributed by atoms with Crippen LogP contribution in [-0.4, -0.2) is 9.55 Å². The monoisotopic (exact) mass is 688 g/mol. The van der Waals surface area contributed by atoms with Crippen LogP contribution in [0.15, 0.2) is 199 Å². The summed E-state index contributed by atoms with van der Waals surface area (Å²) < 4.78 is 9.12. The summed E-state index contributed by atoms with van der Waals surface area (Å²) in [5.41, 5.74) is 12.7. The molecule has 2 aromatic heterocycles. The van der Waals surface area contributed by atoms with Gasteiger partial charge in [-0.05, 0) is 104 Å². The molecule has 0 radical (unpaired) electrons. The summed E-state index contributed by atoms with van der Waals surface area (Å²) in [7, 11) is 0. The number of imidazole rings is 1. The molecule has 3 nitrogen and oxygen atoms in total. The lowest BCUT2D eigenvalue weighted by atomic mass is 9.92. The van der Waals surface area contributed by atoms with Crippen LogP contribution in [0, 0.1) is 0 Å². The first kappa shape index (κ1) is 30.4. The minimum atomic E-state index is 0.868. The summed E-state index contributed by atoms with van der Waals surface area (Å²) in [5, 5.41) is 7.10. The predicted octanol–water partition coefficient (Wildman–Crippen LogP) is 13.9. The minimum absolute atomic E-state index is 0.868. The molecule has 2 heterocycles. The van der Waals surface area contributed by atoms with Gasteiger partial charge in [-0.2, -0.15) is 0 Å². The fourth-order valence-electron chi connectivity index (χ4n) is 8.25. The Hall–Kier alpha value is -7.23. The van der Waals surface area contributed by atoms with E-state index < -0.39 is 0 Å². The summed E-state index contributed by atoms with van der Waals surface area (Å²) in [6.07, 6.45) is 0. The van der Waals surface area contributed by atoms with E-state index in [0.29, 0.717) is 0 Å². The molecule has 11 aromatic rings. The molecule has 0 aliphatic rings. The Morgan fingerprint density at radius 1 is 0.389 bits per heavy atom. The summed E-state index contributed by atoms with van der Waals surface area (Å²) >= 11 is 0. The molecule has 0 saturated heterocycles. The van der Waals surface area contributed by atoms with Gasteiger partial charge in [-0.15, -0.1) is 0 Å². The highest BCUT2D eigenvalue weighted by atomic mass is 16.3. The van der Waals surface area contributed by atoms with Crippen LogP contribution in [0.25, 0.3) is 105 Å². The molecule has 0 unspecified atom stereocenters. The molecule has 54 heavy (non-hydrogen) atoms. The molecule has 0 aliphatic heterocycles. The maximum Gasteiger partial charge on any atom is 0.145 e. The number of rotatable bonds is 5. The van der Waals surface area contributed by atoms with Gasteiger partial charge in [-0.25, -0.2) is 4.98 Å². The zero-order chi connectivity index (χ0) is 35.6. The smallest absolute Gasteiger partial charge is 0.145 e. The van der Waals surface area contributed by atoms with Gasteiger partial charge in [0.05, 0.1) is 11.0 Å². The van der Waals surface area contributed by atoms with Crippen molar-refractivity contribution < 1.29 is 4.42 Å². The van der Waals surface area contributed by atoms with Gasteiger partial charge in [0.2, 0.25) is 0 Å². The number of hydrogen-bond acceptors (Lipinski definition) is 2. The van der Waals surface area contributed by atoms with Crippen LogP contribution >= 0.6 is 0 Å². The number of hydrogen-bond donors (Lipinski definition) is 0. The highest BCUT2D eigenvalue weighted by Crippen LogP contribution is 2.43. The lowest BCUT2D eigenvalue weighted by molar-refractivity contribution is 0.670. The quantitative estimate of drug-likeness (QED) is 0.180. The highest BCUT2D eigenvalue weighted by Gasteiger charge is 2.20. The second kappa shape index (κ2) is 12.2. The van der Waals surface area contributed by atoms with E-state index in [9.17, 15) is 0 Å². The van der Waals surface area contributed by atoms with E-state index in [-0.39, 0.29) is 0 Å². The van der Waals surface area contributed by atoms with Crippen LogP contribution in [0.4, 0.5) is 0 Å². The van der Waals surface area contributed by atoms with Crippen LogP contribution < -0.4 is 0 Å². The molecule has 11 rings (SSSR count).